The zero-order valence-electron chi connectivity index (χ0n) is 9.74. The molecule has 1 aromatic heterocycles. The Bertz CT molecular complexity index is 504. The van der Waals surface area contributed by atoms with Gasteiger partial charge in [-0.05, 0) is 46.6 Å². The van der Waals surface area contributed by atoms with Gasteiger partial charge in [0.2, 0.25) is 0 Å². The molecule has 90 valence electrons. The summed E-state index contributed by atoms with van der Waals surface area (Å²) in [7, 11) is 1.66. The van der Waals surface area contributed by atoms with Gasteiger partial charge in [-0.1, -0.05) is 12.1 Å². The molecule has 17 heavy (non-hydrogen) atoms. The molecule has 1 atom stereocenters. The minimum atomic E-state index is -0.0971. The van der Waals surface area contributed by atoms with Crippen LogP contribution < -0.4 is 10.5 Å². The number of hydrogen-bond donors (Lipinski definition) is 1. The number of thiophene rings is 1. The SMILES string of the molecule is COc1cccc(C(N)c2cc(Br)c(C)s2)c1. The van der Waals surface area contributed by atoms with Crippen LogP contribution in [0.5, 0.6) is 5.75 Å². The number of benzene rings is 1. The fraction of sp³-hybridized carbons (Fsp3) is 0.231. The van der Waals surface area contributed by atoms with Crippen molar-refractivity contribution in [2.45, 2.75) is 13.0 Å². The summed E-state index contributed by atoms with van der Waals surface area (Å²) in [6, 6.07) is 9.88. The van der Waals surface area contributed by atoms with Crippen LogP contribution in [-0.2, 0) is 0 Å². The molecule has 0 aliphatic heterocycles. The molecule has 2 aromatic rings. The molecule has 0 amide bonds. The third-order valence-corrected chi connectivity index (χ3v) is 4.86. The molecule has 2 N–H and O–H groups in total. The van der Waals surface area contributed by atoms with Crippen LogP contribution >= 0.6 is 27.3 Å². The molecule has 4 heteroatoms. The van der Waals surface area contributed by atoms with E-state index in [-0.39, 0.29) is 6.04 Å². The zero-order valence-corrected chi connectivity index (χ0v) is 12.1. The maximum absolute atomic E-state index is 6.26. The standard InChI is InChI=1S/C13H14BrNOS/c1-8-11(14)7-12(17-8)13(15)9-4-3-5-10(6-9)16-2/h3-7,13H,15H2,1-2H3. The number of ether oxygens (including phenoxy) is 1. The Balaban J connectivity index is 2.32. The highest BCUT2D eigenvalue weighted by molar-refractivity contribution is 9.10. The van der Waals surface area contributed by atoms with Gasteiger partial charge in [-0.25, -0.2) is 0 Å². The molecule has 0 bridgehead atoms. The predicted molar refractivity (Wildman–Crippen MR) is 75.8 cm³/mol. The van der Waals surface area contributed by atoms with Crippen LogP contribution in [0.25, 0.3) is 0 Å². The van der Waals surface area contributed by atoms with Crippen molar-refractivity contribution in [2.24, 2.45) is 5.73 Å². The molecular formula is C13H14BrNOS. The van der Waals surface area contributed by atoms with E-state index in [0.29, 0.717) is 0 Å². The largest absolute Gasteiger partial charge is 0.497 e. The number of nitrogens with two attached hydrogens (primary N) is 1. The molecule has 2 nitrogen and oxygen atoms in total. The summed E-state index contributed by atoms with van der Waals surface area (Å²) in [6.45, 7) is 2.08. The van der Waals surface area contributed by atoms with Crippen LogP contribution in [0.2, 0.25) is 0 Å². The summed E-state index contributed by atoms with van der Waals surface area (Å²) in [5, 5.41) is 0. The van der Waals surface area contributed by atoms with Crippen LogP contribution in [0.4, 0.5) is 0 Å². The van der Waals surface area contributed by atoms with E-state index in [1.165, 1.54) is 4.88 Å². The molecule has 0 fully saturated rings. The molecular weight excluding hydrogens is 298 g/mol. The Hall–Kier alpha value is -0.840. The molecule has 1 aromatic carbocycles. The summed E-state index contributed by atoms with van der Waals surface area (Å²) in [5.74, 6) is 0.838. The van der Waals surface area contributed by atoms with E-state index in [9.17, 15) is 0 Å². The third-order valence-electron chi connectivity index (χ3n) is 2.64. The van der Waals surface area contributed by atoms with E-state index < -0.39 is 0 Å². The Kier molecular flexibility index (Phi) is 3.86. The fourth-order valence-corrected chi connectivity index (χ4v) is 3.22. The van der Waals surface area contributed by atoms with Crippen molar-refractivity contribution in [3.63, 3.8) is 0 Å². The molecule has 1 unspecified atom stereocenters. The average Bonchev–Trinajstić information content (AvgIpc) is 2.69. The van der Waals surface area contributed by atoms with Crippen molar-refractivity contribution in [3.05, 3.63) is 50.1 Å². The second-order valence-electron chi connectivity index (χ2n) is 3.81. The van der Waals surface area contributed by atoms with Gasteiger partial charge in [-0.2, -0.15) is 0 Å². The van der Waals surface area contributed by atoms with Gasteiger partial charge in [-0.15, -0.1) is 11.3 Å². The summed E-state index contributed by atoms with van der Waals surface area (Å²) in [6.07, 6.45) is 0. The Labute approximate surface area is 114 Å². The van der Waals surface area contributed by atoms with Gasteiger partial charge >= 0.3 is 0 Å². The topological polar surface area (TPSA) is 35.2 Å². The molecule has 1 heterocycles. The second kappa shape index (κ2) is 5.21. The highest BCUT2D eigenvalue weighted by Crippen LogP contribution is 2.33. The smallest absolute Gasteiger partial charge is 0.119 e. The molecule has 2 rings (SSSR count). The first-order valence-electron chi connectivity index (χ1n) is 5.27. The lowest BCUT2D eigenvalue weighted by Gasteiger charge is -2.11. The lowest BCUT2D eigenvalue weighted by atomic mass is 10.1. The van der Waals surface area contributed by atoms with Gasteiger partial charge in [0.25, 0.3) is 0 Å². The van der Waals surface area contributed by atoms with E-state index in [0.717, 1.165) is 20.7 Å². The Morgan fingerprint density at radius 3 is 2.71 bits per heavy atom. The molecule has 0 aliphatic rings. The first kappa shape index (κ1) is 12.6. The molecule has 0 radical (unpaired) electrons. The van der Waals surface area contributed by atoms with Gasteiger partial charge in [0.05, 0.1) is 13.2 Å². The van der Waals surface area contributed by atoms with Gasteiger partial charge in [-0.3, -0.25) is 0 Å². The Morgan fingerprint density at radius 1 is 1.35 bits per heavy atom. The first-order valence-corrected chi connectivity index (χ1v) is 6.88. The van der Waals surface area contributed by atoms with E-state index in [1.54, 1.807) is 18.4 Å². The van der Waals surface area contributed by atoms with E-state index in [1.807, 2.05) is 24.3 Å². The summed E-state index contributed by atoms with van der Waals surface area (Å²) < 4.78 is 6.33. The predicted octanol–water partition coefficient (Wildman–Crippen LogP) is 3.88. The number of rotatable bonds is 3. The third kappa shape index (κ3) is 2.70. The lowest BCUT2D eigenvalue weighted by molar-refractivity contribution is 0.414. The van der Waals surface area contributed by atoms with E-state index >= 15 is 0 Å². The maximum atomic E-state index is 6.26. The highest BCUT2D eigenvalue weighted by atomic mass is 79.9. The molecule has 0 spiro atoms. The van der Waals surface area contributed by atoms with Gasteiger partial charge < -0.3 is 10.5 Å². The van der Waals surface area contributed by atoms with Crippen molar-refractivity contribution >= 4 is 27.3 Å². The summed E-state index contributed by atoms with van der Waals surface area (Å²) in [4.78, 5) is 2.40. The average molecular weight is 312 g/mol. The summed E-state index contributed by atoms with van der Waals surface area (Å²) >= 11 is 5.23. The van der Waals surface area contributed by atoms with Gasteiger partial charge in [0.1, 0.15) is 5.75 Å². The van der Waals surface area contributed by atoms with Crippen LogP contribution in [0, 0.1) is 6.92 Å². The minimum Gasteiger partial charge on any atom is -0.497 e. The minimum absolute atomic E-state index is 0.0971. The van der Waals surface area contributed by atoms with Crippen molar-refractivity contribution in [3.8, 4) is 5.75 Å². The zero-order chi connectivity index (χ0) is 12.4. The van der Waals surface area contributed by atoms with Gasteiger partial charge in [0.15, 0.2) is 0 Å². The highest BCUT2D eigenvalue weighted by Gasteiger charge is 2.13. The van der Waals surface area contributed by atoms with E-state index in [4.69, 9.17) is 10.5 Å². The fourth-order valence-electron chi connectivity index (χ4n) is 1.63. The molecule has 0 saturated heterocycles. The van der Waals surface area contributed by atoms with Gasteiger partial charge in [0, 0.05) is 14.2 Å². The van der Waals surface area contributed by atoms with Crippen molar-refractivity contribution < 1.29 is 4.74 Å². The van der Waals surface area contributed by atoms with Crippen molar-refractivity contribution in [2.75, 3.05) is 7.11 Å². The second-order valence-corrected chi connectivity index (χ2v) is 5.95. The van der Waals surface area contributed by atoms with E-state index in [2.05, 4.69) is 28.9 Å². The van der Waals surface area contributed by atoms with Crippen LogP contribution in [0.1, 0.15) is 21.4 Å². The first-order chi connectivity index (χ1) is 8.11. The molecule has 0 aliphatic carbocycles. The molecule has 0 saturated carbocycles. The van der Waals surface area contributed by atoms with Crippen molar-refractivity contribution in [1.29, 1.82) is 0 Å². The van der Waals surface area contributed by atoms with Crippen LogP contribution in [0.3, 0.4) is 0 Å². The number of aryl methyl sites for hydroxylation is 1. The monoisotopic (exact) mass is 311 g/mol. The van der Waals surface area contributed by atoms with Crippen LogP contribution in [-0.4, -0.2) is 7.11 Å². The number of hydrogen-bond acceptors (Lipinski definition) is 3. The van der Waals surface area contributed by atoms with Crippen molar-refractivity contribution in [1.82, 2.24) is 0 Å². The Morgan fingerprint density at radius 2 is 2.12 bits per heavy atom. The lowest BCUT2D eigenvalue weighted by Crippen LogP contribution is -2.10. The maximum Gasteiger partial charge on any atom is 0.119 e. The summed E-state index contributed by atoms with van der Waals surface area (Å²) in [5.41, 5.74) is 7.32. The quantitative estimate of drug-likeness (QED) is 0.933. The van der Waals surface area contributed by atoms with Crippen LogP contribution in [0.15, 0.2) is 34.8 Å². The number of methoxy groups -OCH3 is 1. The number of halogens is 1. The normalized spacial score (nSPS) is 12.5.